The van der Waals surface area contributed by atoms with Gasteiger partial charge in [0.05, 0.1) is 18.3 Å². The van der Waals surface area contributed by atoms with E-state index in [9.17, 15) is 0 Å². The number of aliphatic imine (C=N–C) groups is 1. The van der Waals surface area contributed by atoms with Gasteiger partial charge >= 0.3 is 0 Å². The lowest BCUT2D eigenvalue weighted by Crippen LogP contribution is -2.42. The minimum Gasteiger partial charge on any atom is -0.375 e. The Morgan fingerprint density at radius 3 is 2.45 bits per heavy atom. The fraction of sp³-hybridized carbons (Fsp3) is 0.524. The number of rotatable bonds is 8. The zero-order chi connectivity index (χ0) is 20.7. The molecule has 0 saturated heterocycles. The van der Waals surface area contributed by atoms with Crippen LogP contribution in [0, 0.1) is 6.92 Å². The molecule has 2 atom stereocenters. The molecule has 2 unspecified atom stereocenters. The molecule has 1 aromatic heterocycles. The van der Waals surface area contributed by atoms with Crippen molar-refractivity contribution < 1.29 is 4.74 Å². The van der Waals surface area contributed by atoms with Crippen molar-refractivity contribution in [2.45, 2.75) is 32.5 Å². The standard InChI is InChI=1S/C21H33N5OS.HI/c1-15-8-10-17(11-9-15)19(25(4)5)12-23-21(22-3)26(6)13-18-14-28-20(24-18)16(2)27-7;/h8-11,14,16,19H,12-13H2,1-7H3,(H,22,23);1H. The molecule has 2 rings (SSSR count). The second kappa shape index (κ2) is 12.5. The molecule has 1 heterocycles. The maximum absolute atomic E-state index is 5.35. The lowest BCUT2D eigenvalue weighted by atomic mass is 10.0. The number of halogens is 1. The number of nitrogens with zero attached hydrogens (tertiary/aromatic N) is 4. The molecule has 0 spiro atoms. The monoisotopic (exact) mass is 531 g/mol. The largest absolute Gasteiger partial charge is 0.375 e. The van der Waals surface area contributed by atoms with E-state index in [-0.39, 0.29) is 36.1 Å². The Bertz CT molecular complexity index is 763. The Labute approximate surface area is 196 Å². The number of benzene rings is 1. The molecule has 0 aliphatic rings. The van der Waals surface area contributed by atoms with E-state index >= 15 is 0 Å². The van der Waals surface area contributed by atoms with Crippen LogP contribution in [-0.4, -0.2) is 62.6 Å². The third-order valence-electron chi connectivity index (χ3n) is 4.78. The summed E-state index contributed by atoms with van der Waals surface area (Å²) in [5.41, 5.74) is 3.59. The van der Waals surface area contributed by atoms with Crippen molar-refractivity contribution in [3.05, 3.63) is 51.5 Å². The van der Waals surface area contributed by atoms with Gasteiger partial charge in [0.1, 0.15) is 11.1 Å². The number of ether oxygens (including phenoxy) is 1. The lowest BCUT2D eigenvalue weighted by Gasteiger charge is -2.28. The summed E-state index contributed by atoms with van der Waals surface area (Å²) in [5, 5.41) is 6.60. The zero-order valence-electron chi connectivity index (χ0n) is 18.5. The van der Waals surface area contributed by atoms with Crippen LogP contribution in [0.3, 0.4) is 0 Å². The highest BCUT2D eigenvalue weighted by Crippen LogP contribution is 2.21. The quantitative estimate of drug-likeness (QED) is 0.316. The molecule has 0 aliphatic heterocycles. The normalized spacial score (nSPS) is 13.7. The Kier molecular flexibility index (Phi) is 11.1. The van der Waals surface area contributed by atoms with E-state index < -0.39 is 0 Å². The molecule has 0 amide bonds. The molecule has 0 saturated carbocycles. The first-order valence-corrected chi connectivity index (χ1v) is 10.4. The highest BCUT2D eigenvalue weighted by atomic mass is 127. The van der Waals surface area contributed by atoms with Crippen LogP contribution >= 0.6 is 35.3 Å². The minimum absolute atomic E-state index is 0. The van der Waals surface area contributed by atoms with Gasteiger partial charge in [-0.1, -0.05) is 29.8 Å². The van der Waals surface area contributed by atoms with Crippen LogP contribution in [-0.2, 0) is 11.3 Å². The summed E-state index contributed by atoms with van der Waals surface area (Å²) in [7, 11) is 9.76. The van der Waals surface area contributed by atoms with Gasteiger partial charge in [-0.2, -0.15) is 0 Å². The molecule has 8 heteroatoms. The summed E-state index contributed by atoms with van der Waals surface area (Å²) < 4.78 is 5.35. The van der Waals surface area contributed by atoms with Gasteiger partial charge in [0.25, 0.3) is 0 Å². The molecule has 0 aliphatic carbocycles. The van der Waals surface area contributed by atoms with Crippen LogP contribution < -0.4 is 5.32 Å². The minimum atomic E-state index is 0. The molecular formula is C21H34IN5OS. The third-order valence-corrected chi connectivity index (χ3v) is 5.84. The second-order valence-electron chi connectivity index (χ2n) is 7.23. The first kappa shape index (κ1) is 25.8. The van der Waals surface area contributed by atoms with Crippen molar-refractivity contribution in [2.75, 3.05) is 41.8 Å². The molecule has 1 N–H and O–H groups in total. The number of nitrogens with one attached hydrogen (secondary N) is 1. The van der Waals surface area contributed by atoms with Crippen molar-refractivity contribution in [1.29, 1.82) is 0 Å². The second-order valence-corrected chi connectivity index (χ2v) is 8.12. The van der Waals surface area contributed by atoms with Gasteiger partial charge in [-0.15, -0.1) is 35.3 Å². The van der Waals surface area contributed by atoms with Gasteiger partial charge in [-0.05, 0) is 33.5 Å². The van der Waals surface area contributed by atoms with Crippen LogP contribution in [0.2, 0.25) is 0 Å². The number of hydrogen-bond donors (Lipinski definition) is 1. The van der Waals surface area contributed by atoms with Crippen LogP contribution in [0.15, 0.2) is 34.6 Å². The number of methoxy groups -OCH3 is 1. The molecule has 29 heavy (non-hydrogen) atoms. The van der Waals surface area contributed by atoms with Gasteiger partial charge in [-0.25, -0.2) is 4.98 Å². The average molecular weight is 532 g/mol. The highest BCUT2D eigenvalue weighted by molar-refractivity contribution is 14.0. The van der Waals surface area contributed by atoms with Crippen molar-refractivity contribution in [3.8, 4) is 0 Å². The Morgan fingerprint density at radius 1 is 1.24 bits per heavy atom. The number of hydrogen-bond acceptors (Lipinski definition) is 5. The molecule has 0 fully saturated rings. The van der Waals surface area contributed by atoms with Crippen molar-refractivity contribution in [3.63, 3.8) is 0 Å². The average Bonchev–Trinajstić information content (AvgIpc) is 3.13. The number of thiazole rings is 1. The smallest absolute Gasteiger partial charge is 0.193 e. The summed E-state index contributed by atoms with van der Waals surface area (Å²) in [6.45, 7) is 5.60. The molecule has 162 valence electrons. The van der Waals surface area contributed by atoms with Crippen LogP contribution in [0.5, 0.6) is 0 Å². The number of guanidine groups is 1. The van der Waals surface area contributed by atoms with E-state index in [0.29, 0.717) is 6.54 Å². The predicted octanol–water partition coefficient (Wildman–Crippen LogP) is 4.09. The van der Waals surface area contributed by atoms with E-state index in [0.717, 1.165) is 23.2 Å². The maximum Gasteiger partial charge on any atom is 0.193 e. The molecular weight excluding hydrogens is 497 g/mol. The Hall–Kier alpha value is -1.23. The van der Waals surface area contributed by atoms with Crippen molar-refractivity contribution >= 4 is 41.3 Å². The molecule has 0 bridgehead atoms. The molecule has 2 aromatic rings. The maximum atomic E-state index is 5.35. The summed E-state index contributed by atoms with van der Waals surface area (Å²) in [5.74, 6) is 0.855. The van der Waals surface area contributed by atoms with Gasteiger partial charge in [-0.3, -0.25) is 4.99 Å². The van der Waals surface area contributed by atoms with Crippen LogP contribution in [0.25, 0.3) is 0 Å². The van der Waals surface area contributed by atoms with Crippen molar-refractivity contribution in [2.24, 2.45) is 4.99 Å². The van der Waals surface area contributed by atoms with E-state index in [2.05, 4.69) is 75.8 Å². The first-order chi connectivity index (χ1) is 13.3. The Balaban J connectivity index is 0.00000420. The molecule has 6 nitrogen and oxygen atoms in total. The van der Waals surface area contributed by atoms with Gasteiger partial charge in [0, 0.05) is 33.1 Å². The van der Waals surface area contributed by atoms with Crippen LogP contribution in [0.4, 0.5) is 0 Å². The summed E-state index contributed by atoms with van der Waals surface area (Å²) in [4.78, 5) is 13.4. The lowest BCUT2D eigenvalue weighted by molar-refractivity contribution is 0.119. The fourth-order valence-electron chi connectivity index (χ4n) is 2.96. The third kappa shape index (κ3) is 7.51. The zero-order valence-corrected chi connectivity index (χ0v) is 21.6. The van der Waals surface area contributed by atoms with E-state index in [1.54, 1.807) is 18.4 Å². The summed E-state index contributed by atoms with van der Waals surface area (Å²) >= 11 is 1.63. The van der Waals surface area contributed by atoms with Crippen molar-refractivity contribution in [1.82, 2.24) is 20.1 Å². The first-order valence-electron chi connectivity index (χ1n) is 9.47. The van der Waals surface area contributed by atoms with Crippen LogP contribution in [0.1, 0.15) is 40.9 Å². The van der Waals surface area contributed by atoms with E-state index in [1.807, 2.05) is 21.0 Å². The van der Waals surface area contributed by atoms with E-state index in [1.165, 1.54) is 11.1 Å². The topological polar surface area (TPSA) is 53.0 Å². The number of aryl methyl sites for hydroxylation is 1. The number of aromatic nitrogens is 1. The summed E-state index contributed by atoms with van der Waals surface area (Å²) in [6.07, 6.45) is 0.0249. The molecule has 0 radical (unpaired) electrons. The van der Waals surface area contributed by atoms with E-state index in [4.69, 9.17) is 4.74 Å². The summed E-state index contributed by atoms with van der Waals surface area (Å²) in [6, 6.07) is 8.98. The van der Waals surface area contributed by atoms with Gasteiger partial charge in [0.2, 0.25) is 0 Å². The number of likely N-dealkylation sites (N-methyl/N-ethyl adjacent to an activating group) is 1. The van der Waals surface area contributed by atoms with Gasteiger partial charge in [0.15, 0.2) is 5.96 Å². The predicted molar refractivity (Wildman–Crippen MR) is 133 cm³/mol. The molecule has 1 aromatic carbocycles. The highest BCUT2D eigenvalue weighted by Gasteiger charge is 2.17. The SMILES string of the molecule is CN=C(NCC(c1ccc(C)cc1)N(C)C)N(C)Cc1csc(C(C)OC)n1.I. The fourth-order valence-corrected chi connectivity index (χ4v) is 3.80. The Morgan fingerprint density at radius 2 is 1.90 bits per heavy atom. The van der Waals surface area contributed by atoms with Gasteiger partial charge < -0.3 is 19.9 Å².